The van der Waals surface area contributed by atoms with Gasteiger partial charge in [0.1, 0.15) is 0 Å². The van der Waals surface area contributed by atoms with E-state index in [1.165, 1.54) is 0 Å². The van der Waals surface area contributed by atoms with E-state index in [9.17, 15) is 4.79 Å². The summed E-state index contributed by atoms with van der Waals surface area (Å²) in [4.78, 5) is 10.5. The molecule has 4 nitrogen and oxygen atoms in total. The Morgan fingerprint density at radius 1 is 1.38 bits per heavy atom. The third-order valence-electron chi connectivity index (χ3n) is 2.54. The van der Waals surface area contributed by atoms with Crippen molar-refractivity contribution in [3.05, 3.63) is 23.8 Å². The van der Waals surface area contributed by atoms with Crippen molar-refractivity contribution in [2.75, 3.05) is 0 Å². The first-order chi connectivity index (χ1) is 7.48. The smallest absolute Gasteiger partial charge is 0.303 e. The molecule has 0 unspecified atom stereocenters. The second kappa shape index (κ2) is 3.70. The quantitative estimate of drug-likeness (QED) is 0.852. The number of hydrogen-bond donors (Lipinski definition) is 1. The molecular formula is C12H14O4. The van der Waals surface area contributed by atoms with Crippen LogP contribution in [0.2, 0.25) is 0 Å². The molecule has 2 rings (SSSR count). The van der Waals surface area contributed by atoms with Crippen LogP contribution in [-0.2, 0) is 4.79 Å². The minimum absolute atomic E-state index is 0.0312. The van der Waals surface area contributed by atoms with Crippen molar-refractivity contribution in [3.8, 4) is 11.5 Å². The monoisotopic (exact) mass is 222 g/mol. The van der Waals surface area contributed by atoms with Gasteiger partial charge in [0.05, 0.1) is 6.42 Å². The molecule has 0 amide bonds. The number of benzene rings is 1. The van der Waals surface area contributed by atoms with Crippen molar-refractivity contribution in [1.82, 2.24) is 0 Å². The van der Waals surface area contributed by atoms with Gasteiger partial charge in [-0.15, -0.1) is 0 Å². The van der Waals surface area contributed by atoms with Crippen LogP contribution in [0.5, 0.6) is 11.5 Å². The van der Waals surface area contributed by atoms with Crippen molar-refractivity contribution >= 4 is 5.97 Å². The zero-order chi connectivity index (χ0) is 11.8. The van der Waals surface area contributed by atoms with Gasteiger partial charge in [-0.1, -0.05) is 6.07 Å². The summed E-state index contributed by atoms with van der Waals surface area (Å²) in [5, 5.41) is 8.64. The number of rotatable bonds is 3. The molecule has 1 atom stereocenters. The second-order valence-electron chi connectivity index (χ2n) is 4.18. The Balaban J connectivity index is 2.11. The molecule has 0 fully saturated rings. The lowest BCUT2D eigenvalue weighted by atomic mass is 10.2. The Kier molecular flexibility index (Phi) is 2.50. The fraction of sp³-hybridized carbons (Fsp3) is 0.417. The molecule has 0 radical (unpaired) electrons. The number of aliphatic carboxylic acids is 1. The number of carboxylic acid groups (broad SMARTS) is 1. The third kappa shape index (κ3) is 2.10. The van der Waals surface area contributed by atoms with Crippen molar-refractivity contribution < 1.29 is 19.4 Å². The molecule has 0 saturated carbocycles. The molecule has 1 N–H and O–H groups in total. The highest BCUT2D eigenvalue weighted by Crippen LogP contribution is 2.41. The lowest BCUT2D eigenvalue weighted by Crippen LogP contribution is -2.35. The molecule has 0 bridgehead atoms. The summed E-state index contributed by atoms with van der Waals surface area (Å²) in [7, 11) is 0. The first-order valence-electron chi connectivity index (χ1n) is 5.19. The van der Waals surface area contributed by atoms with Crippen LogP contribution in [0.15, 0.2) is 18.2 Å². The molecule has 1 heterocycles. The van der Waals surface area contributed by atoms with E-state index in [1.54, 1.807) is 6.92 Å². The van der Waals surface area contributed by atoms with Gasteiger partial charge in [-0.2, -0.15) is 0 Å². The largest absolute Gasteiger partial charge is 0.481 e. The molecule has 1 aromatic carbocycles. The van der Waals surface area contributed by atoms with E-state index >= 15 is 0 Å². The van der Waals surface area contributed by atoms with Gasteiger partial charge in [-0.3, -0.25) is 4.79 Å². The van der Waals surface area contributed by atoms with E-state index in [2.05, 4.69) is 0 Å². The van der Waals surface area contributed by atoms with Crippen molar-refractivity contribution in [1.29, 1.82) is 0 Å². The molecule has 1 aromatic rings. The maximum absolute atomic E-state index is 10.5. The van der Waals surface area contributed by atoms with Crippen molar-refractivity contribution in [2.24, 2.45) is 0 Å². The molecule has 0 aromatic heterocycles. The highest BCUT2D eigenvalue weighted by Gasteiger charge is 2.36. The van der Waals surface area contributed by atoms with Gasteiger partial charge < -0.3 is 14.6 Å². The molecule has 1 aliphatic rings. The lowest BCUT2D eigenvalue weighted by Gasteiger charge is -2.21. The Hall–Kier alpha value is -1.71. The topological polar surface area (TPSA) is 55.8 Å². The highest BCUT2D eigenvalue weighted by molar-refractivity contribution is 5.66. The maximum atomic E-state index is 10.5. The van der Waals surface area contributed by atoms with Crippen LogP contribution >= 0.6 is 0 Å². The van der Waals surface area contributed by atoms with E-state index in [4.69, 9.17) is 14.6 Å². The van der Waals surface area contributed by atoms with E-state index in [-0.39, 0.29) is 6.42 Å². The molecule has 86 valence electrons. The van der Waals surface area contributed by atoms with E-state index in [0.29, 0.717) is 17.9 Å². The average Bonchev–Trinajstić information content (AvgIpc) is 2.51. The summed E-state index contributed by atoms with van der Waals surface area (Å²) in [6.45, 7) is 3.72. The summed E-state index contributed by atoms with van der Waals surface area (Å²) < 4.78 is 11.3. The Labute approximate surface area is 93.8 Å². The average molecular weight is 222 g/mol. The Morgan fingerprint density at radius 3 is 2.75 bits per heavy atom. The van der Waals surface area contributed by atoms with Gasteiger partial charge in [0.15, 0.2) is 11.5 Å². The predicted molar refractivity (Wildman–Crippen MR) is 57.7 cm³/mol. The molecule has 4 heteroatoms. The summed E-state index contributed by atoms with van der Waals surface area (Å²) in [5.74, 6) is -0.332. The maximum Gasteiger partial charge on any atom is 0.303 e. The number of carbonyl (C=O) groups is 1. The fourth-order valence-electron chi connectivity index (χ4n) is 1.70. The van der Waals surface area contributed by atoms with Crippen LogP contribution in [-0.4, -0.2) is 16.9 Å². The lowest BCUT2D eigenvalue weighted by molar-refractivity contribution is -0.140. The zero-order valence-electron chi connectivity index (χ0n) is 9.32. The Bertz CT molecular complexity index is 427. The van der Waals surface area contributed by atoms with E-state index < -0.39 is 11.8 Å². The molecule has 0 saturated heterocycles. The highest BCUT2D eigenvalue weighted by atomic mass is 16.7. The standard InChI is InChI=1S/C12H14O4/c1-8-3-4-9-10(7-8)16-12(2,15-9)6-5-11(13)14/h3-4,7H,5-6H2,1-2H3,(H,13,14)/t12-/m0/s1. The van der Waals surface area contributed by atoms with Crippen LogP contribution in [0, 0.1) is 6.92 Å². The first-order valence-corrected chi connectivity index (χ1v) is 5.19. The molecule has 16 heavy (non-hydrogen) atoms. The summed E-state index contributed by atoms with van der Waals surface area (Å²) in [6, 6.07) is 5.67. The molecule has 0 aliphatic carbocycles. The zero-order valence-corrected chi connectivity index (χ0v) is 9.32. The van der Waals surface area contributed by atoms with Crippen molar-refractivity contribution in [2.45, 2.75) is 32.5 Å². The normalized spacial score (nSPS) is 22.1. The SMILES string of the molecule is Cc1ccc2c(c1)O[C@@](C)(CCC(=O)O)O2. The molecule has 0 spiro atoms. The molecular weight excluding hydrogens is 208 g/mol. The van der Waals surface area contributed by atoms with Crippen molar-refractivity contribution in [3.63, 3.8) is 0 Å². The minimum Gasteiger partial charge on any atom is -0.481 e. The number of ether oxygens (including phenoxy) is 2. The number of aryl methyl sites for hydroxylation is 1. The third-order valence-corrected chi connectivity index (χ3v) is 2.54. The van der Waals surface area contributed by atoms with Crippen LogP contribution in [0.25, 0.3) is 0 Å². The van der Waals surface area contributed by atoms with Gasteiger partial charge in [-0.25, -0.2) is 0 Å². The van der Waals surface area contributed by atoms with E-state index in [1.807, 2.05) is 25.1 Å². The van der Waals surface area contributed by atoms with E-state index in [0.717, 1.165) is 5.56 Å². The number of fused-ring (bicyclic) bond motifs is 1. The summed E-state index contributed by atoms with van der Waals surface area (Å²) in [6.07, 6.45) is 0.361. The Morgan fingerprint density at radius 2 is 2.06 bits per heavy atom. The minimum atomic E-state index is -0.853. The fourth-order valence-corrected chi connectivity index (χ4v) is 1.70. The summed E-state index contributed by atoms with van der Waals surface area (Å²) >= 11 is 0. The van der Waals surface area contributed by atoms with Gasteiger partial charge in [0.25, 0.3) is 0 Å². The van der Waals surface area contributed by atoms with Gasteiger partial charge in [0.2, 0.25) is 5.79 Å². The number of hydrogen-bond acceptors (Lipinski definition) is 3. The van der Waals surface area contributed by atoms with Crippen LogP contribution in [0.3, 0.4) is 0 Å². The predicted octanol–water partition coefficient (Wildman–Crippen LogP) is 2.35. The van der Waals surface area contributed by atoms with Crippen LogP contribution < -0.4 is 9.47 Å². The molecule has 1 aliphatic heterocycles. The van der Waals surface area contributed by atoms with Crippen LogP contribution in [0.4, 0.5) is 0 Å². The van der Waals surface area contributed by atoms with Gasteiger partial charge in [0, 0.05) is 13.3 Å². The van der Waals surface area contributed by atoms with Gasteiger partial charge >= 0.3 is 5.97 Å². The summed E-state index contributed by atoms with van der Waals surface area (Å²) in [5.41, 5.74) is 1.09. The second-order valence-corrected chi connectivity index (χ2v) is 4.18. The first kappa shape index (κ1) is 10.8. The number of carboxylic acids is 1. The van der Waals surface area contributed by atoms with Gasteiger partial charge in [-0.05, 0) is 24.6 Å². The van der Waals surface area contributed by atoms with Crippen LogP contribution in [0.1, 0.15) is 25.3 Å².